The number of carboxylic acid groups (broad SMARTS) is 2. The highest BCUT2D eigenvalue weighted by atomic mass is 16.6. The molecule has 4 N–H and O–H groups in total. The largest absolute Gasteiger partial charge is 0.508 e. The Hall–Kier alpha value is -2.87. The second kappa shape index (κ2) is 7.06. The van der Waals surface area contributed by atoms with Crippen LogP contribution in [0.15, 0.2) is 30.3 Å². The molecule has 2 atom stereocenters. The van der Waals surface area contributed by atoms with Gasteiger partial charge in [-0.2, -0.15) is 0 Å². The van der Waals surface area contributed by atoms with Crippen LogP contribution in [0.5, 0.6) is 5.75 Å². The molecule has 1 rings (SSSR count). The minimum absolute atomic E-state index is 0.0326. The summed E-state index contributed by atoms with van der Waals surface area (Å²) < 4.78 is 4.37. The maximum absolute atomic E-state index is 11.4. The van der Waals surface area contributed by atoms with Crippen molar-refractivity contribution in [2.75, 3.05) is 0 Å². The number of carboxylic acids is 2. The molecule has 0 spiro atoms. The van der Waals surface area contributed by atoms with Crippen molar-refractivity contribution in [3.05, 3.63) is 35.9 Å². The van der Waals surface area contributed by atoms with Gasteiger partial charge in [0.25, 0.3) is 0 Å². The zero-order chi connectivity index (χ0) is 16.0. The number of rotatable bonds is 6. The van der Waals surface area contributed by atoms with E-state index in [1.54, 1.807) is 0 Å². The van der Waals surface area contributed by atoms with Crippen LogP contribution < -0.4 is 0 Å². The van der Waals surface area contributed by atoms with Gasteiger partial charge < -0.3 is 25.2 Å². The number of hydrogen-bond donors (Lipinski definition) is 4. The molecule has 21 heavy (non-hydrogen) atoms. The number of carbonyl (C=O) groups excluding carboxylic acids is 1. The number of hydrogen-bond acceptors (Lipinski definition) is 6. The Balaban J connectivity index is 2.72. The van der Waals surface area contributed by atoms with E-state index in [0.29, 0.717) is 5.56 Å². The lowest BCUT2D eigenvalue weighted by Gasteiger charge is -2.15. The Kier molecular flexibility index (Phi) is 5.44. The van der Waals surface area contributed by atoms with Gasteiger partial charge in [0.15, 0.2) is 6.10 Å². The zero-order valence-electron chi connectivity index (χ0n) is 10.5. The van der Waals surface area contributed by atoms with Gasteiger partial charge in [0.2, 0.25) is 6.10 Å². The summed E-state index contributed by atoms with van der Waals surface area (Å²) in [5.41, 5.74) is 0.524. The van der Waals surface area contributed by atoms with E-state index in [9.17, 15) is 14.4 Å². The molecule has 0 bridgehead atoms. The number of phenolic OH excluding ortho intramolecular Hbond substituents is 1. The minimum Gasteiger partial charge on any atom is -0.508 e. The maximum atomic E-state index is 11.4. The molecule has 1 aromatic carbocycles. The summed E-state index contributed by atoms with van der Waals surface area (Å²) in [6, 6.07) is 5.72. The maximum Gasteiger partial charge on any atom is 0.348 e. The van der Waals surface area contributed by atoms with E-state index in [4.69, 9.17) is 20.4 Å². The number of phenols is 1. The van der Waals surface area contributed by atoms with Crippen LogP contribution in [0.1, 0.15) is 5.56 Å². The quantitative estimate of drug-likeness (QED) is 0.419. The van der Waals surface area contributed by atoms with Gasteiger partial charge in [0.1, 0.15) is 5.75 Å². The van der Waals surface area contributed by atoms with Gasteiger partial charge in [0.05, 0.1) is 0 Å². The number of ether oxygens (including phenoxy) is 1. The van der Waals surface area contributed by atoms with Crippen molar-refractivity contribution in [3.63, 3.8) is 0 Å². The lowest BCUT2D eigenvalue weighted by Crippen LogP contribution is -2.42. The van der Waals surface area contributed by atoms with Crippen molar-refractivity contribution in [3.8, 4) is 5.75 Å². The molecule has 0 unspecified atom stereocenters. The highest BCUT2D eigenvalue weighted by molar-refractivity contribution is 5.91. The van der Waals surface area contributed by atoms with Crippen LogP contribution in [-0.4, -0.2) is 50.5 Å². The molecule has 8 nitrogen and oxygen atoms in total. The molecule has 0 saturated heterocycles. The van der Waals surface area contributed by atoms with Gasteiger partial charge in [-0.1, -0.05) is 12.1 Å². The molecule has 0 aliphatic rings. The number of carbonyl (C=O) groups is 3. The molecule has 0 saturated carbocycles. The molecule has 0 fully saturated rings. The number of aromatic hydroxyl groups is 1. The summed E-state index contributed by atoms with van der Waals surface area (Å²) in [4.78, 5) is 32.6. The van der Waals surface area contributed by atoms with Crippen molar-refractivity contribution in [2.45, 2.75) is 12.2 Å². The van der Waals surface area contributed by atoms with Gasteiger partial charge >= 0.3 is 17.9 Å². The number of aliphatic carboxylic acids is 2. The van der Waals surface area contributed by atoms with Gasteiger partial charge in [-0.3, -0.25) is 0 Å². The first-order valence-corrected chi connectivity index (χ1v) is 5.62. The molecule has 8 heteroatoms. The first kappa shape index (κ1) is 16.2. The summed E-state index contributed by atoms with van der Waals surface area (Å²) in [6.07, 6.45) is -2.43. The monoisotopic (exact) mass is 296 g/mol. The Morgan fingerprint density at radius 1 is 1.05 bits per heavy atom. The van der Waals surface area contributed by atoms with Crippen molar-refractivity contribution < 1.29 is 39.5 Å². The second-order valence-corrected chi connectivity index (χ2v) is 3.90. The van der Waals surface area contributed by atoms with Crippen LogP contribution in [0.2, 0.25) is 0 Å². The van der Waals surface area contributed by atoms with Crippen molar-refractivity contribution in [1.82, 2.24) is 0 Å². The number of aliphatic hydroxyl groups excluding tert-OH is 1. The third-order valence-electron chi connectivity index (χ3n) is 2.33. The third-order valence-corrected chi connectivity index (χ3v) is 2.33. The minimum atomic E-state index is -2.37. The summed E-state index contributed by atoms with van der Waals surface area (Å²) in [6.45, 7) is 0. The molecule has 112 valence electrons. The fourth-order valence-corrected chi connectivity index (χ4v) is 1.29. The highest BCUT2D eigenvalue weighted by Crippen LogP contribution is 2.11. The Morgan fingerprint density at radius 3 is 2.10 bits per heavy atom. The third kappa shape index (κ3) is 4.96. The molecular weight excluding hydrogens is 284 g/mol. The van der Waals surface area contributed by atoms with Crippen LogP contribution in [0.3, 0.4) is 0 Å². The van der Waals surface area contributed by atoms with Crippen LogP contribution in [0.4, 0.5) is 0 Å². The molecule has 0 aromatic heterocycles. The summed E-state index contributed by atoms with van der Waals surface area (Å²) in [5, 5.41) is 35.4. The topological polar surface area (TPSA) is 141 Å². The number of benzene rings is 1. The van der Waals surface area contributed by atoms with Gasteiger partial charge in [-0.25, -0.2) is 14.4 Å². The average molecular weight is 296 g/mol. The van der Waals surface area contributed by atoms with Gasteiger partial charge in [-0.05, 0) is 23.8 Å². The van der Waals surface area contributed by atoms with Crippen LogP contribution in [0, 0.1) is 0 Å². The molecule has 0 amide bonds. The smallest absolute Gasteiger partial charge is 0.348 e. The SMILES string of the molecule is O=C(C=Cc1ccc(O)cc1)O[C@H](C(=O)O)[C@@H](O)C(=O)O. The first-order chi connectivity index (χ1) is 9.81. The van der Waals surface area contributed by atoms with Gasteiger partial charge in [0, 0.05) is 6.08 Å². The lowest BCUT2D eigenvalue weighted by molar-refractivity contribution is -0.176. The fraction of sp³-hybridized carbons (Fsp3) is 0.154. The average Bonchev–Trinajstić information content (AvgIpc) is 2.43. The van der Waals surface area contributed by atoms with E-state index in [1.165, 1.54) is 30.3 Å². The second-order valence-electron chi connectivity index (χ2n) is 3.90. The Bertz CT molecular complexity index is 560. The standard InChI is InChI=1S/C13H12O8/c14-8-4-1-7(2-5-8)3-6-9(15)21-11(13(19)20)10(16)12(17)18/h1-6,10-11,14,16H,(H,17,18)(H,19,20)/t10-,11+/m1/s1. The van der Waals surface area contributed by atoms with E-state index in [1.807, 2.05) is 0 Å². The summed E-state index contributed by atoms with van der Waals surface area (Å²) in [7, 11) is 0. The molecule has 0 heterocycles. The Morgan fingerprint density at radius 2 is 1.62 bits per heavy atom. The van der Waals surface area contributed by atoms with Crippen molar-refractivity contribution in [2.24, 2.45) is 0 Å². The molecule has 1 aromatic rings. The van der Waals surface area contributed by atoms with Crippen LogP contribution in [-0.2, 0) is 19.1 Å². The lowest BCUT2D eigenvalue weighted by atomic mass is 10.2. The van der Waals surface area contributed by atoms with E-state index >= 15 is 0 Å². The van der Waals surface area contributed by atoms with Crippen LogP contribution >= 0.6 is 0 Å². The molecule has 0 aliphatic heterocycles. The van der Waals surface area contributed by atoms with Gasteiger partial charge in [-0.15, -0.1) is 0 Å². The van der Waals surface area contributed by atoms with Crippen molar-refractivity contribution >= 4 is 24.0 Å². The van der Waals surface area contributed by atoms with E-state index < -0.39 is 30.1 Å². The van der Waals surface area contributed by atoms with E-state index in [2.05, 4.69) is 4.74 Å². The van der Waals surface area contributed by atoms with Crippen molar-refractivity contribution in [1.29, 1.82) is 0 Å². The fourth-order valence-electron chi connectivity index (χ4n) is 1.29. The summed E-state index contributed by atoms with van der Waals surface area (Å²) in [5.74, 6) is -4.70. The highest BCUT2D eigenvalue weighted by Gasteiger charge is 2.35. The summed E-state index contributed by atoms with van der Waals surface area (Å²) >= 11 is 0. The predicted octanol–water partition coefficient (Wildman–Crippen LogP) is -0.153. The molecular formula is C13H12O8. The van der Waals surface area contributed by atoms with E-state index in [-0.39, 0.29) is 5.75 Å². The Labute approximate surface area is 118 Å². The predicted molar refractivity (Wildman–Crippen MR) is 68.3 cm³/mol. The number of esters is 1. The van der Waals surface area contributed by atoms with E-state index in [0.717, 1.165) is 6.08 Å². The normalized spacial score (nSPS) is 13.6. The van der Waals surface area contributed by atoms with Crippen LogP contribution in [0.25, 0.3) is 6.08 Å². The molecule has 0 radical (unpaired) electrons. The number of aliphatic hydroxyl groups is 1. The first-order valence-electron chi connectivity index (χ1n) is 5.62. The zero-order valence-corrected chi connectivity index (χ0v) is 10.5. The molecule has 0 aliphatic carbocycles.